The quantitative estimate of drug-likeness (QED) is 0.133. The summed E-state index contributed by atoms with van der Waals surface area (Å²) in [7, 11) is 2.46. The number of hydrogen-bond acceptors (Lipinski definition) is 11. The standard InChI is InChI=1S/C29H39ClNO11S/c1-7-29(4,27(38)42-12-11-41-23(33)17-43-13-10-22(32)39-5)16-18(25(36)40-6)15-28(2,3)26(37)31-21-9-8-19(30)14-20(21)24(34)35/h8-10,14,18H,7,11-13,15-17H2,1-6H3,(H,31,37)(H,34,35). The van der Waals surface area contributed by atoms with E-state index >= 15 is 0 Å². The highest BCUT2D eigenvalue weighted by molar-refractivity contribution is 8.00. The molecule has 0 fully saturated rings. The minimum Gasteiger partial charge on any atom is -0.478 e. The number of rotatable bonds is 18. The van der Waals surface area contributed by atoms with E-state index in [0.717, 1.165) is 11.8 Å². The summed E-state index contributed by atoms with van der Waals surface area (Å²) in [4.78, 5) is 73.6. The van der Waals surface area contributed by atoms with Gasteiger partial charge in [-0.05, 0) is 44.4 Å². The van der Waals surface area contributed by atoms with Crippen molar-refractivity contribution in [3.63, 3.8) is 0 Å². The molecule has 1 amide bonds. The van der Waals surface area contributed by atoms with E-state index < -0.39 is 52.5 Å². The molecule has 0 bridgehead atoms. The van der Waals surface area contributed by atoms with Gasteiger partial charge in [-0.2, -0.15) is 0 Å². The van der Waals surface area contributed by atoms with E-state index in [-0.39, 0.29) is 53.8 Å². The molecule has 0 aliphatic heterocycles. The second-order valence-corrected chi connectivity index (χ2v) is 11.9. The first-order chi connectivity index (χ1) is 20.1. The molecule has 2 N–H and O–H groups in total. The first-order valence-electron chi connectivity index (χ1n) is 13.3. The molecule has 1 radical (unpaired) electrons. The lowest BCUT2D eigenvalue weighted by molar-refractivity contribution is -0.162. The van der Waals surface area contributed by atoms with Crippen LogP contribution in [0.25, 0.3) is 0 Å². The fraction of sp³-hybridized carbons (Fsp3) is 0.552. The lowest BCUT2D eigenvalue weighted by atomic mass is 9.73. The Hall–Kier alpha value is -3.32. The second-order valence-electron chi connectivity index (χ2n) is 10.5. The number of hydrogen-bond donors (Lipinski definition) is 2. The van der Waals surface area contributed by atoms with Crippen LogP contribution in [0, 0.1) is 23.2 Å². The third-order valence-corrected chi connectivity index (χ3v) is 7.78. The maximum absolute atomic E-state index is 13.2. The normalized spacial score (nSPS) is 13.2. The molecule has 0 saturated carbocycles. The predicted molar refractivity (Wildman–Crippen MR) is 160 cm³/mol. The summed E-state index contributed by atoms with van der Waals surface area (Å²) in [5, 5.41) is 12.3. The second kappa shape index (κ2) is 17.7. The van der Waals surface area contributed by atoms with Crippen molar-refractivity contribution >= 4 is 64.8 Å². The molecule has 0 heterocycles. The summed E-state index contributed by atoms with van der Waals surface area (Å²) in [5.74, 6) is -4.72. The lowest BCUT2D eigenvalue weighted by Gasteiger charge is -2.33. The van der Waals surface area contributed by atoms with Crippen LogP contribution in [0.4, 0.5) is 5.69 Å². The van der Waals surface area contributed by atoms with E-state index in [9.17, 15) is 33.9 Å². The summed E-state index contributed by atoms with van der Waals surface area (Å²) >= 11 is 7.05. The van der Waals surface area contributed by atoms with Gasteiger partial charge in [-0.3, -0.25) is 24.0 Å². The lowest BCUT2D eigenvalue weighted by Crippen LogP contribution is -2.39. The molecule has 2 atom stereocenters. The molecule has 1 aromatic carbocycles. The van der Waals surface area contributed by atoms with Crippen molar-refractivity contribution < 1.29 is 52.8 Å². The number of carbonyl (C=O) groups excluding carboxylic acids is 5. The predicted octanol–water partition coefficient (Wildman–Crippen LogP) is 4.19. The highest BCUT2D eigenvalue weighted by Gasteiger charge is 2.42. The Labute approximate surface area is 260 Å². The minimum atomic E-state index is -1.27. The Morgan fingerprint density at radius 3 is 2.26 bits per heavy atom. The molecule has 0 aliphatic rings. The molecule has 14 heteroatoms. The van der Waals surface area contributed by atoms with Crippen molar-refractivity contribution in [2.45, 2.75) is 47.0 Å². The molecule has 12 nitrogen and oxygen atoms in total. The van der Waals surface area contributed by atoms with E-state index in [0.29, 0.717) is 6.42 Å². The average Bonchev–Trinajstić information content (AvgIpc) is 2.96. The number of ether oxygens (including phenoxy) is 4. The van der Waals surface area contributed by atoms with E-state index in [2.05, 4.69) is 10.1 Å². The SMILES string of the molecule is CCC(C)(CC(CC(C)(C)C(=O)Nc1ccc(Cl)cc1C(=O)O)C(=O)OC)C(=O)OCCOC(=O)CSC[CH]C(=O)OC. The van der Waals surface area contributed by atoms with Crippen LogP contribution in [0.5, 0.6) is 0 Å². The summed E-state index contributed by atoms with van der Waals surface area (Å²) in [6, 6.07) is 4.04. The molecule has 0 spiro atoms. The van der Waals surface area contributed by atoms with E-state index in [1.165, 1.54) is 38.8 Å². The molecule has 0 saturated heterocycles. The number of halogens is 1. The zero-order valence-corrected chi connectivity index (χ0v) is 26.7. The van der Waals surface area contributed by atoms with Crippen molar-refractivity contribution in [1.29, 1.82) is 0 Å². The Balaban J connectivity index is 2.82. The Bertz CT molecular complexity index is 1170. The topological polar surface area (TPSA) is 172 Å². The number of esters is 4. The highest BCUT2D eigenvalue weighted by Crippen LogP contribution is 2.38. The smallest absolute Gasteiger partial charge is 0.337 e. The van der Waals surface area contributed by atoms with E-state index in [4.69, 9.17) is 25.8 Å². The van der Waals surface area contributed by atoms with E-state index in [1.807, 2.05) is 0 Å². The molecule has 0 aliphatic carbocycles. The molecular weight excluding hydrogens is 606 g/mol. The maximum Gasteiger partial charge on any atom is 0.337 e. The van der Waals surface area contributed by atoms with Crippen molar-refractivity contribution in [3.05, 3.63) is 35.2 Å². The number of benzene rings is 1. The third kappa shape index (κ3) is 12.4. The van der Waals surface area contributed by atoms with Gasteiger partial charge in [0.2, 0.25) is 5.91 Å². The van der Waals surface area contributed by atoms with Gasteiger partial charge in [0.15, 0.2) is 0 Å². The number of anilines is 1. The minimum absolute atomic E-state index is 0.000158. The number of methoxy groups -OCH3 is 2. The molecular formula is C29H39ClNO11S. The maximum atomic E-state index is 13.2. The average molecular weight is 645 g/mol. The number of carbonyl (C=O) groups is 6. The first kappa shape index (κ1) is 37.7. The van der Waals surface area contributed by atoms with Crippen LogP contribution in [0.3, 0.4) is 0 Å². The van der Waals surface area contributed by atoms with Gasteiger partial charge >= 0.3 is 29.8 Å². The summed E-state index contributed by atoms with van der Waals surface area (Å²) in [6.45, 7) is 6.19. The highest BCUT2D eigenvalue weighted by atomic mass is 35.5. The number of carboxylic acid groups (broad SMARTS) is 1. The van der Waals surface area contributed by atoms with Crippen molar-refractivity contribution in [2.75, 3.05) is 44.3 Å². The van der Waals surface area contributed by atoms with Crippen LogP contribution in [-0.2, 0) is 42.9 Å². The van der Waals surface area contributed by atoms with Crippen molar-refractivity contribution in [1.82, 2.24) is 0 Å². The Kier molecular flexibility index (Phi) is 15.5. The van der Waals surface area contributed by atoms with E-state index in [1.54, 1.807) is 27.7 Å². The Morgan fingerprint density at radius 2 is 1.67 bits per heavy atom. The van der Waals surface area contributed by atoms with Gasteiger partial charge in [0, 0.05) is 16.2 Å². The largest absolute Gasteiger partial charge is 0.478 e. The molecule has 1 rings (SSSR count). The van der Waals surface area contributed by atoms with Gasteiger partial charge in [0.25, 0.3) is 0 Å². The van der Waals surface area contributed by atoms with Crippen molar-refractivity contribution in [3.8, 4) is 0 Å². The zero-order valence-electron chi connectivity index (χ0n) is 25.2. The van der Waals surface area contributed by atoms with Crippen LogP contribution in [0.15, 0.2) is 18.2 Å². The Morgan fingerprint density at radius 1 is 1.02 bits per heavy atom. The zero-order chi connectivity index (χ0) is 32.8. The van der Waals surface area contributed by atoms with Gasteiger partial charge in [-0.15, -0.1) is 11.8 Å². The van der Waals surface area contributed by atoms with Crippen molar-refractivity contribution in [2.24, 2.45) is 16.7 Å². The van der Waals surface area contributed by atoms with Gasteiger partial charge in [-0.25, -0.2) is 4.79 Å². The number of thioether (sulfide) groups is 1. The van der Waals surface area contributed by atoms with Gasteiger partial charge in [0.1, 0.15) is 13.2 Å². The van der Waals surface area contributed by atoms with Crippen LogP contribution in [-0.4, -0.2) is 79.8 Å². The molecule has 1 aromatic rings. The monoisotopic (exact) mass is 644 g/mol. The molecule has 2 unspecified atom stereocenters. The van der Waals surface area contributed by atoms with Crippen LogP contribution in [0.1, 0.15) is 57.3 Å². The summed E-state index contributed by atoms with van der Waals surface area (Å²) in [5.41, 5.74) is -2.47. The van der Waals surface area contributed by atoms with Gasteiger partial charge in [-0.1, -0.05) is 32.4 Å². The van der Waals surface area contributed by atoms with Gasteiger partial charge in [0.05, 0.1) is 49.0 Å². The molecule has 43 heavy (non-hydrogen) atoms. The third-order valence-electron chi connectivity index (χ3n) is 6.70. The fourth-order valence-corrected chi connectivity index (χ4v) is 4.78. The van der Waals surface area contributed by atoms with Crippen LogP contribution in [0.2, 0.25) is 5.02 Å². The van der Waals surface area contributed by atoms with Crippen LogP contribution < -0.4 is 5.32 Å². The number of amides is 1. The fourth-order valence-electron chi connectivity index (χ4n) is 3.98. The first-order valence-corrected chi connectivity index (χ1v) is 14.9. The number of nitrogens with one attached hydrogen (secondary N) is 1. The molecule has 0 aromatic heterocycles. The number of carboxylic acids is 1. The summed E-state index contributed by atoms with van der Waals surface area (Å²) < 4.78 is 19.8. The number of aromatic carboxylic acids is 1. The van der Waals surface area contributed by atoms with Crippen LogP contribution >= 0.6 is 23.4 Å². The van der Waals surface area contributed by atoms with Gasteiger partial charge < -0.3 is 29.4 Å². The molecule has 239 valence electrons. The summed E-state index contributed by atoms with van der Waals surface area (Å²) in [6.07, 6.45) is 1.56.